The van der Waals surface area contributed by atoms with Gasteiger partial charge >= 0.3 is 0 Å². The van der Waals surface area contributed by atoms with Gasteiger partial charge in [0.1, 0.15) is 0 Å². The normalized spacial score (nSPS) is 17.1. The highest BCUT2D eigenvalue weighted by atomic mass is 31.2. The van der Waals surface area contributed by atoms with Crippen LogP contribution in [0.25, 0.3) is 33.4 Å². The maximum absolute atomic E-state index is 15.3. The summed E-state index contributed by atoms with van der Waals surface area (Å²) in [5, 5.41) is 1.79. The van der Waals surface area contributed by atoms with Crippen LogP contribution in [0.4, 0.5) is 11.4 Å². The van der Waals surface area contributed by atoms with Crippen molar-refractivity contribution in [2.45, 2.75) is 6.92 Å². The van der Waals surface area contributed by atoms with Gasteiger partial charge in [0.05, 0.1) is 11.4 Å². The number of hydrogen-bond donors (Lipinski definition) is 0. The van der Waals surface area contributed by atoms with Crippen molar-refractivity contribution in [3.63, 3.8) is 0 Å². The van der Waals surface area contributed by atoms with Crippen molar-refractivity contribution in [3.05, 3.63) is 115 Å². The van der Waals surface area contributed by atoms with E-state index in [0.29, 0.717) is 0 Å². The molecule has 1 aromatic heterocycles. The molecule has 0 saturated heterocycles. The number of para-hydroxylation sites is 1. The first-order valence-electron chi connectivity index (χ1n) is 11.4. The number of aromatic nitrogens is 1. The molecule has 7 rings (SSSR count). The molecular weight excluding hydrogens is 435 g/mol. The van der Waals surface area contributed by atoms with Gasteiger partial charge in [-0.2, -0.15) is 0 Å². The fourth-order valence-electron chi connectivity index (χ4n) is 5.42. The van der Waals surface area contributed by atoms with Crippen LogP contribution < -0.4 is 15.3 Å². The molecule has 5 aromatic rings. The minimum Gasteiger partial charge on any atom is -0.289 e. The summed E-state index contributed by atoms with van der Waals surface area (Å²) in [5.74, 6) is 0. The number of anilines is 2. The fourth-order valence-corrected chi connectivity index (χ4v) is 8.69. The summed E-state index contributed by atoms with van der Waals surface area (Å²) >= 11 is 0. The molecule has 0 amide bonds. The van der Waals surface area contributed by atoms with E-state index in [4.69, 9.17) is 0 Å². The summed E-state index contributed by atoms with van der Waals surface area (Å²) in [4.78, 5) is 4.39. The number of rotatable bonds is 1. The molecule has 4 aromatic carbocycles. The van der Waals surface area contributed by atoms with Crippen LogP contribution in [0.2, 0.25) is 0 Å². The number of pyridine rings is 1. The highest BCUT2D eigenvalue weighted by Crippen LogP contribution is 2.65. The average Bonchev–Trinajstić information content (AvgIpc) is 2.89. The molecule has 0 aliphatic carbocycles. The van der Waals surface area contributed by atoms with Gasteiger partial charge in [0.2, 0.25) is 7.29 Å². The van der Waals surface area contributed by atoms with Gasteiger partial charge < -0.3 is 0 Å². The first-order chi connectivity index (χ1) is 16.7. The molecular formula is C30H21N2OP. The SMILES string of the molecule is Cc1cncc(-c2ccc3c(c2)-c2ccccc2P2(=O)c4ccccc4-c4ccccc4N32)c1. The van der Waals surface area contributed by atoms with Gasteiger partial charge in [-0.1, -0.05) is 60.7 Å². The Balaban J connectivity index is 1.58. The Morgan fingerprint density at radius 2 is 1.24 bits per heavy atom. The summed E-state index contributed by atoms with van der Waals surface area (Å²) in [6, 6.07) is 33.3. The molecule has 1 unspecified atom stereocenters. The fraction of sp³-hybridized carbons (Fsp3) is 0.0333. The van der Waals surface area contributed by atoms with E-state index in [9.17, 15) is 0 Å². The van der Waals surface area contributed by atoms with Crippen LogP contribution in [0.5, 0.6) is 0 Å². The van der Waals surface area contributed by atoms with Crippen LogP contribution in [0.3, 0.4) is 0 Å². The third-order valence-corrected chi connectivity index (χ3v) is 9.97. The number of benzene rings is 4. The van der Waals surface area contributed by atoms with Crippen molar-refractivity contribution >= 4 is 29.3 Å². The number of fused-ring (bicyclic) bond motifs is 11. The Kier molecular flexibility index (Phi) is 4.04. The lowest BCUT2D eigenvalue weighted by atomic mass is 9.96. The Morgan fingerprint density at radius 3 is 1.97 bits per heavy atom. The summed E-state index contributed by atoms with van der Waals surface area (Å²) in [6.45, 7) is 2.06. The zero-order chi connectivity index (χ0) is 22.9. The molecule has 162 valence electrons. The Hall–Kier alpha value is -3.94. The Morgan fingerprint density at radius 1 is 0.618 bits per heavy atom. The van der Waals surface area contributed by atoms with E-state index in [1.54, 1.807) is 0 Å². The third kappa shape index (κ3) is 2.53. The van der Waals surface area contributed by atoms with E-state index < -0.39 is 7.29 Å². The van der Waals surface area contributed by atoms with Crippen molar-refractivity contribution in [1.29, 1.82) is 0 Å². The molecule has 0 saturated carbocycles. The molecule has 0 radical (unpaired) electrons. The van der Waals surface area contributed by atoms with E-state index in [-0.39, 0.29) is 0 Å². The molecule has 0 fully saturated rings. The van der Waals surface area contributed by atoms with Crippen LogP contribution in [-0.2, 0) is 4.57 Å². The predicted octanol–water partition coefficient (Wildman–Crippen LogP) is 7.09. The Bertz CT molecular complexity index is 1670. The van der Waals surface area contributed by atoms with E-state index in [2.05, 4.69) is 71.2 Å². The van der Waals surface area contributed by atoms with Gasteiger partial charge in [0.15, 0.2) is 0 Å². The first kappa shape index (κ1) is 19.5. The van der Waals surface area contributed by atoms with E-state index >= 15 is 4.57 Å². The maximum Gasteiger partial charge on any atom is 0.235 e. The van der Waals surface area contributed by atoms with Crippen LogP contribution in [0.1, 0.15) is 5.56 Å². The first-order valence-corrected chi connectivity index (χ1v) is 13.1. The van der Waals surface area contributed by atoms with Gasteiger partial charge in [-0.25, -0.2) is 0 Å². The molecule has 2 aliphatic heterocycles. The zero-order valence-electron chi connectivity index (χ0n) is 18.6. The molecule has 3 heterocycles. The predicted molar refractivity (Wildman–Crippen MR) is 141 cm³/mol. The summed E-state index contributed by atoms with van der Waals surface area (Å²) in [5.41, 5.74) is 9.58. The molecule has 2 aliphatic rings. The lowest BCUT2D eigenvalue weighted by Crippen LogP contribution is -2.37. The maximum atomic E-state index is 15.3. The number of aryl methyl sites for hydroxylation is 1. The van der Waals surface area contributed by atoms with Crippen LogP contribution >= 0.6 is 7.29 Å². The van der Waals surface area contributed by atoms with Gasteiger partial charge in [-0.05, 0) is 65.6 Å². The smallest absolute Gasteiger partial charge is 0.235 e. The third-order valence-electron chi connectivity index (χ3n) is 6.89. The largest absolute Gasteiger partial charge is 0.289 e. The lowest BCUT2D eigenvalue weighted by Gasteiger charge is -2.44. The van der Waals surface area contributed by atoms with Gasteiger partial charge in [0, 0.05) is 39.7 Å². The van der Waals surface area contributed by atoms with Gasteiger partial charge in [0.25, 0.3) is 0 Å². The van der Waals surface area contributed by atoms with Crippen molar-refractivity contribution in [2.75, 3.05) is 4.67 Å². The highest BCUT2D eigenvalue weighted by molar-refractivity contribution is 7.81. The number of hydrogen-bond acceptors (Lipinski definition) is 2. The molecule has 34 heavy (non-hydrogen) atoms. The van der Waals surface area contributed by atoms with Crippen molar-refractivity contribution < 1.29 is 4.57 Å². The standard InChI is InChI=1S/C30H21N2OP/c1-20-16-22(19-31-18-20)21-14-15-28-26(17-21)25-10-4-7-13-30(25)34(33)29-12-6-3-9-24(29)23-8-2-5-11-27(23)32(28)34/h2-19H,1H3. The van der Waals surface area contributed by atoms with Crippen molar-refractivity contribution in [1.82, 2.24) is 4.98 Å². The molecule has 3 nitrogen and oxygen atoms in total. The molecule has 0 bridgehead atoms. The van der Waals surface area contributed by atoms with E-state index in [0.717, 1.165) is 60.9 Å². The quantitative estimate of drug-likeness (QED) is 0.253. The molecule has 0 spiro atoms. The topological polar surface area (TPSA) is 33.2 Å². The minimum atomic E-state index is -3.14. The lowest BCUT2D eigenvalue weighted by molar-refractivity contribution is 0.586. The summed E-state index contributed by atoms with van der Waals surface area (Å²) in [6.07, 6.45) is 3.77. The summed E-state index contributed by atoms with van der Waals surface area (Å²) in [7, 11) is -3.14. The minimum absolute atomic E-state index is 0.893. The van der Waals surface area contributed by atoms with Crippen molar-refractivity contribution in [3.8, 4) is 33.4 Å². The second kappa shape index (κ2) is 7.03. The van der Waals surface area contributed by atoms with E-state index in [1.165, 1.54) is 0 Å². The van der Waals surface area contributed by atoms with E-state index in [1.807, 2.05) is 54.9 Å². The Labute approximate surface area is 198 Å². The molecule has 4 heteroatoms. The van der Waals surface area contributed by atoms with Crippen LogP contribution in [0, 0.1) is 6.92 Å². The van der Waals surface area contributed by atoms with Crippen LogP contribution in [0.15, 0.2) is 109 Å². The zero-order valence-corrected chi connectivity index (χ0v) is 19.5. The second-order valence-electron chi connectivity index (χ2n) is 8.92. The molecule has 0 N–H and O–H groups in total. The number of nitrogens with zero attached hydrogens (tertiary/aromatic N) is 2. The second-order valence-corrected chi connectivity index (χ2v) is 11.4. The monoisotopic (exact) mass is 456 g/mol. The average molecular weight is 456 g/mol. The van der Waals surface area contributed by atoms with Crippen molar-refractivity contribution in [2.24, 2.45) is 0 Å². The van der Waals surface area contributed by atoms with Gasteiger partial charge in [-0.15, -0.1) is 0 Å². The summed E-state index contributed by atoms with van der Waals surface area (Å²) < 4.78 is 17.4. The van der Waals surface area contributed by atoms with Gasteiger partial charge in [-0.3, -0.25) is 14.2 Å². The van der Waals surface area contributed by atoms with Crippen LogP contribution in [-0.4, -0.2) is 4.98 Å². The molecule has 1 atom stereocenters. The highest BCUT2D eigenvalue weighted by Gasteiger charge is 2.47.